The molecule has 1 aromatic rings. The van der Waals surface area contributed by atoms with Gasteiger partial charge in [-0.25, -0.2) is 4.79 Å². The van der Waals surface area contributed by atoms with Crippen molar-refractivity contribution in [3.8, 4) is 0 Å². The van der Waals surface area contributed by atoms with Gasteiger partial charge in [0.15, 0.2) is 0 Å². The Kier molecular flexibility index (Phi) is 3.93. The molecule has 4 heteroatoms. The molecular weight excluding hydrogens is 256 g/mol. The zero-order chi connectivity index (χ0) is 14.8. The molecule has 0 bridgehead atoms. The normalized spacial score (nSPS) is 23.5. The van der Waals surface area contributed by atoms with Crippen molar-refractivity contribution < 1.29 is 19.4 Å². The lowest BCUT2D eigenvalue weighted by Crippen LogP contribution is -2.03. The van der Waals surface area contributed by atoms with Gasteiger partial charge in [-0.15, -0.1) is 0 Å². The van der Waals surface area contributed by atoms with Gasteiger partial charge < -0.3 is 9.84 Å². The van der Waals surface area contributed by atoms with Gasteiger partial charge in [-0.1, -0.05) is 50.3 Å². The Morgan fingerprint density at radius 3 is 2.50 bits per heavy atom. The van der Waals surface area contributed by atoms with Crippen molar-refractivity contribution in [1.82, 2.24) is 0 Å². The number of carboxylic acid groups (broad SMARTS) is 1. The summed E-state index contributed by atoms with van der Waals surface area (Å²) in [6, 6.07) is 9.40. The minimum absolute atomic E-state index is 0.107. The summed E-state index contributed by atoms with van der Waals surface area (Å²) in [5.74, 6) is -1.78. The molecule has 1 aliphatic rings. The highest BCUT2D eigenvalue weighted by molar-refractivity contribution is 5.83. The molecule has 0 radical (unpaired) electrons. The van der Waals surface area contributed by atoms with Crippen molar-refractivity contribution >= 4 is 11.9 Å². The van der Waals surface area contributed by atoms with E-state index in [1.54, 1.807) is 6.08 Å². The van der Waals surface area contributed by atoms with Crippen molar-refractivity contribution in [1.29, 1.82) is 0 Å². The van der Waals surface area contributed by atoms with Crippen molar-refractivity contribution in [2.75, 3.05) is 0 Å². The molecule has 2 atom stereocenters. The van der Waals surface area contributed by atoms with Crippen LogP contribution in [0.5, 0.6) is 0 Å². The van der Waals surface area contributed by atoms with Gasteiger partial charge in [0.2, 0.25) is 0 Å². The van der Waals surface area contributed by atoms with Gasteiger partial charge in [-0.05, 0) is 16.9 Å². The lowest BCUT2D eigenvalue weighted by molar-refractivity contribution is -0.140. The Labute approximate surface area is 118 Å². The highest BCUT2D eigenvalue weighted by Crippen LogP contribution is 2.58. The summed E-state index contributed by atoms with van der Waals surface area (Å²) in [7, 11) is 0. The molecule has 4 nitrogen and oxygen atoms in total. The number of hydrogen-bond acceptors (Lipinski definition) is 3. The van der Waals surface area contributed by atoms with Crippen LogP contribution in [0.2, 0.25) is 0 Å². The highest BCUT2D eigenvalue weighted by atomic mass is 16.5. The van der Waals surface area contributed by atoms with Crippen LogP contribution in [0.25, 0.3) is 0 Å². The third kappa shape index (κ3) is 3.07. The molecule has 1 aliphatic carbocycles. The largest absolute Gasteiger partial charge is 0.481 e. The van der Waals surface area contributed by atoms with Crippen molar-refractivity contribution in [3.63, 3.8) is 0 Å². The van der Waals surface area contributed by atoms with Gasteiger partial charge in [0.25, 0.3) is 0 Å². The van der Waals surface area contributed by atoms with E-state index in [9.17, 15) is 9.59 Å². The van der Waals surface area contributed by atoms with E-state index in [1.165, 1.54) is 6.08 Å². The first-order valence-corrected chi connectivity index (χ1v) is 6.54. The van der Waals surface area contributed by atoms with Crippen molar-refractivity contribution in [2.24, 2.45) is 17.3 Å². The fraction of sp³-hybridized carbons (Fsp3) is 0.375. The maximum absolute atomic E-state index is 11.6. The summed E-state index contributed by atoms with van der Waals surface area (Å²) in [6.45, 7) is 3.99. The number of rotatable bonds is 5. The van der Waals surface area contributed by atoms with Gasteiger partial charge in [-0.2, -0.15) is 0 Å². The fourth-order valence-corrected chi connectivity index (χ4v) is 2.47. The molecule has 2 unspecified atom stereocenters. The van der Waals surface area contributed by atoms with E-state index in [0.29, 0.717) is 0 Å². The van der Waals surface area contributed by atoms with Crippen LogP contribution >= 0.6 is 0 Å². The van der Waals surface area contributed by atoms with E-state index in [4.69, 9.17) is 9.84 Å². The van der Waals surface area contributed by atoms with E-state index >= 15 is 0 Å². The zero-order valence-electron chi connectivity index (χ0n) is 11.6. The third-order valence-electron chi connectivity index (χ3n) is 3.84. The Bertz CT molecular complexity index is 531. The van der Waals surface area contributed by atoms with E-state index in [0.717, 1.165) is 5.56 Å². The lowest BCUT2D eigenvalue weighted by atomic mass is 10.1. The zero-order valence-corrected chi connectivity index (χ0v) is 11.6. The summed E-state index contributed by atoms with van der Waals surface area (Å²) < 4.78 is 5.10. The molecule has 0 heterocycles. The maximum atomic E-state index is 11.6. The highest BCUT2D eigenvalue weighted by Gasteiger charge is 2.60. The topological polar surface area (TPSA) is 63.6 Å². The number of aliphatic carboxylic acids is 1. The van der Waals surface area contributed by atoms with Crippen LogP contribution in [0.1, 0.15) is 19.4 Å². The third-order valence-corrected chi connectivity index (χ3v) is 3.84. The second kappa shape index (κ2) is 5.49. The number of carbonyl (C=O) groups excluding carboxylic acids is 1. The van der Waals surface area contributed by atoms with Crippen LogP contribution in [0.4, 0.5) is 0 Å². The fourth-order valence-electron chi connectivity index (χ4n) is 2.47. The predicted octanol–water partition coefficient (Wildman–Crippen LogP) is 2.64. The summed E-state index contributed by atoms with van der Waals surface area (Å²) in [4.78, 5) is 22.6. The first-order chi connectivity index (χ1) is 9.43. The first-order valence-electron chi connectivity index (χ1n) is 6.54. The lowest BCUT2D eigenvalue weighted by Gasteiger charge is -2.01. The molecule has 20 heavy (non-hydrogen) atoms. The summed E-state index contributed by atoms with van der Waals surface area (Å²) in [5, 5.41) is 9.03. The van der Waals surface area contributed by atoms with Gasteiger partial charge >= 0.3 is 11.9 Å². The van der Waals surface area contributed by atoms with Gasteiger partial charge in [-0.3, -0.25) is 4.79 Å². The standard InChI is InChI=1S/C16H18O4/c1-16(2)12(14(16)15(18)19)8-9-13(17)20-10-11-6-4-3-5-7-11/h3-9,12,14H,10H2,1-2H3,(H,18,19)/b9-8-. The molecular formula is C16H18O4. The van der Waals surface area contributed by atoms with E-state index in [-0.39, 0.29) is 17.9 Å². The smallest absolute Gasteiger partial charge is 0.330 e. The molecule has 0 aliphatic heterocycles. The average molecular weight is 274 g/mol. The maximum Gasteiger partial charge on any atom is 0.330 e. The number of benzene rings is 1. The molecule has 1 fully saturated rings. The van der Waals surface area contributed by atoms with Crippen LogP contribution in [-0.2, 0) is 20.9 Å². The summed E-state index contributed by atoms with van der Waals surface area (Å²) >= 11 is 0. The minimum Gasteiger partial charge on any atom is -0.481 e. The Balaban J connectivity index is 1.84. The van der Waals surface area contributed by atoms with Gasteiger partial charge in [0.1, 0.15) is 6.61 Å². The SMILES string of the molecule is CC1(C)C(/C=C\C(=O)OCc2ccccc2)C1C(=O)O. The van der Waals surface area contributed by atoms with Crippen molar-refractivity contribution in [3.05, 3.63) is 48.0 Å². The molecule has 0 spiro atoms. The second-order valence-electron chi connectivity index (χ2n) is 5.62. The Hall–Kier alpha value is -2.10. The predicted molar refractivity (Wildman–Crippen MR) is 73.8 cm³/mol. The monoisotopic (exact) mass is 274 g/mol. The average Bonchev–Trinajstić information content (AvgIpc) is 2.97. The summed E-state index contributed by atoms with van der Waals surface area (Å²) in [6.07, 6.45) is 2.98. The van der Waals surface area contributed by atoms with Gasteiger partial charge in [0, 0.05) is 6.08 Å². The van der Waals surface area contributed by atoms with E-state index < -0.39 is 17.9 Å². The molecule has 0 amide bonds. The number of hydrogen-bond donors (Lipinski definition) is 1. The Morgan fingerprint density at radius 1 is 1.30 bits per heavy atom. The molecule has 0 saturated heterocycles. The van der Waals surface area contributed by atoms with E-state index in [2.05, 4.69) is 0 Å². The number of carbonyl (C=O) groups is 2. The van der Waals surface area contributed by atoms with Crippen LogP contribution in [0.15, 0.2) is 42.5 Å². The number of carboxylic acids is 1. The first kappa shape index (κ1) is 14.3. The Morgan fingerprint density at radius 2 is 1.95 bits per heavy atom. The molecule has 1 aromatic carbocycles. The molecule has 1 N–H and O–H groups in total. The van der Waals surface area contributed by atoms with Crippen LogP contribution in [0.3, 0.4) is 0 Å². The van der Waals surface area contributed by atoms with Crippen LogP contribution in [-0.4, -0.2) is 17.0 Å². The number of esters is 1. The van der Waals surface area contributed by atoms with Crippen LogP contribution in [0, 0.1) is 17.3 Å². The minimum atomic E-state index is -0.817. The molecule has 2 rings (SSSR count). The van der Waals surface area contributed by atoms with Gasteiger partial charge in [0.05, 0.1) is 5.92 Å². The quantitative estimate of drug-likeness (QED) is 0.662. The van der Waals surface area contributed by atoms with Crippen molar-refractivity contribution in [2.45, 2.75) is 20.5 Å². The molecule has 1 saturated carbocycles. The number of allylic oxidation sites excluding steroid dienone is 1. The molecule has 0 aromatic heterocycles. The van der Waals surface area contributed by atoms with E-state index in [1.807, 2.05) is 44.2 Å². The second-order valence-corrected chi connectivity index (χ2v) is 5.62. The molecule has 106 valence electrons. The summed E-state index contributed by atoms with van der Waals surface area (Å²) in [5.41, 5.74) is 0.631. The van der Waals surface area contributed by atoms with Crippen LogP contribution < -0.4 is 0 Å². The number of ether oxygens (including phenoxy) is 1.